The Labute approximate surface area is 184 Å². The number of rotatable bonds is 8. The summed E-state index contributed by atoms with van der Waals surface area (Å²) in [5.41, 5.74) is 5.11. The number of carboxylic acid groups (broad SMARTS) is 1. The number of ether oxygens (including phenoxy) is 2. The van der Waals surface area contributed by atoms with Gasteiger partial charge in [0.15, 0.2) is 11.5 Å². The normalized spacial score (nSPS) is 10.5. The van der Waals surface area contributed by atoms with Crippen molar-refractivity contribution in [3.8, 4) is 11.5 Å². The summed E-state index contributed by atoms with van der Waals surface area (Å²) in [4.78, 5) is 11.3. The van der Waals surface area contributed by atoms with Gasteiger partial charge in [0.2, 0.25) is 0 Å². The first-order chi connectivity index (χ1) is 14.4. The number of nitrogens with one attached hydrogen (secondary N) is 1. The molecule has 3 aromatic carbocycles. The molecule has 3 rings (SSSR count). The van der Waals surface area contributed by atoms with Gasteiger partial charge in [-0.3, -0.25) is 0 Å². The van der Waals surface area contributed by atoms with Crippen molar-refractivity contribution in [1.29, 1.82) is 0 Å². The van der Waals surface area contributed by atoms with E-state index in [0.29, 0.717) is 24.7 Å². The standard InChI is InChI=1S/C24H24BrNO4/c1-15-6-4-5-7-18(15)14-30-23-19(20(25)10-11-22(23)29-3)13-26-21-12-17(24(27)28)9-8-16(21)2/h4-12,26H,13-14H2,1-3H3,(H,27,28). The van der Waals surface area contributed by atoms with Crippen LogP contribution in [0.4, 0.5) is 5.69 Å². The van der Waals surface area contributed by atoms with Gasteiger partial charge in [-0.2, -0.15) is 0 Å². The van der Waals surface area contributed by atoms with Crippen LogP contribution in [0.15, 0.2) is 59.1 Å². The third-order valence-corrected chi connectivity index (χ3v) is 5.70. The maximum atomic E-state index is 11.3. The molecular formula is C24H24BrNO4. The van der Waals surface area contributed by atoms with Crippen LogP contribution in [0.1, 0.15) is 32.6 Å². The Morgan fingerprint density at radius 1 is 1.07 bits per heavy atom. The number of aryl methyl sites for hydroxylation is 2. The van der Waals surface area contributed by atoms with Crippen LogP contribution in [0.2, 0.25) is 0 Å². The summed E-state index contributed by atoms with van der Waals surface area (Å²) in [7, 11) is 1.61. The highest BCUT2D eigenvalue weighted by molar-refractivity contribution is 9.10. The summed E-state index contributed by atoms with van der Waals surface area (Å²) in [5.74, 6) is 0.331. The highest BCUT2D eigenvalue weighted by Gasteiger charge is 2.16. The molecule has 0 atom stereocenters. The van der Waals surface area contributed by atoms with Gasteiger partial charge in [-0.15, -0.1) is 0 Å². The lowest BCUT2D eigenvalue weighted by Crippen LogP contribution is -2.08. The minimum absolute atomic E-state index is 0.240. The van der Waals surface area contributed by atoms with Gasteiger partial charge in [-0.05, 0) is 54.8 Å². The van der Waals surface area contributed by atoms with Crippen molar-refractivity contribution in [1.82, 2.24) is 0 Å². The van der Waals surface area contributed by atoms with Gasteiger partial charge in [0.1, 0.15) is 6.61 Å². The molecule has 0 aliphatic rings. The maximum absolute atomic E-state index is 11.3. The van der Waals surface area contributed by atoms with Crippen LogP contribution in [0.3, 0.4) is 0 Å². The number of methoxy groups -OCH3 is 1. The Morgan fingerprint density at radius 2 is 1.83 bits per heavy atom. The van der Waals surface area contributed by atoms with E-state index < -0.39 is 5.97 Å². The fourth-order valence-corrected chi connectivity index (χ4v) is 3.57. The lowest BCUT2D eigenvalue weighted by Gasteiger charge is -2.19. The molecule has 0 saturated carbocycles. The van der Waals surface area contributed by atoms with Gasteiger partial charge in [0.05, 0.1) is 12.7 Å². The Balaban J connectivity index is 1.88. The molecule has 3 aromatic rings. The van der Waals surface area contributed by atoms with Gasteiger partial charge in [-0.25, -0.2) is 4.79 Å². The molecule has 0 aliphatic carbocycles. The van der Waals surface area contributed by atoms with E-state index in [1.165, 1.54) is 0 Å². The van der Waals surface area contributed by atoms with Gasteiger partial charge < -0.3 is 19.9 Å². The Morgan fingerprint density at radius 3 is 2.53 bits per heavy atom. The summed E-state index contributed by atoms with van der Waals surface area (Å²) in [6.45, 7) is 4.84. The number of hydrogen-bond donors (Lipinski definition) is 2. The second-order valence-corrected chi connectivity index (χ2v) is 7.82. The molecular weight excluding hydrogens is 446 g/mol. The lowest BCUT2D eigenvalue weighted by molar-refractivity contribution is 0.0697. The van der Waals surface area contributed by atoms with E-state index in [0.717, 1.165) is 32.4 Å². The largest absolute Gasteiger partial charge is 0.493 e. The molecule has 6 heteroatoms. The van der Waals surface area contributed by atoms with E-state index >= 15 is 0 Å². The summed E-state index contributed by atoms with van der Waals surface area (Å²) < 4.78 is 12.6. The summed E-state index contributed by atoms with van der Waals surface area (Å²) >= 11 is 3.61. The van der Waals surface area contributed by atoms with Crippen LogP contribution in [0.5, 0.6) is 11.5 Å². The zero-order valence-corrected chi connectivity index (χ0v) is 18.7. The van der Waals surface area contributed by atoms with Crippen molar-refractivity contribution in [2.45, 2.75) is 27.0 Å². The SMILES string of the molecule is COc1ccc(Br)c(CNc2cc(C(=O)O)ccc2C)c1OCc1ccccc1C. The molecule has 156 valence electrons. The Kier molecular flexibility index (Phi) is 7.00. The molecule has 0 unspecified atom stereocenters. The molecule has 0 radical (unpaired) electrons. The topological polar surface area (TPSA) is 67.8 Å². The monoisotopic (exact) mass is 469 g/mol. The van der Waals surface area contributed by atoms with E-state index in [4.69, 9.17) is 9.47 Å². The van der Waals surface area contributed by atoms with Crippen molar-refractivity contribution in [3.63, 3.8) is 0 Å². The molecule has 0 saturated heterocycles. The highest BCUT2D eigenvalue weighted by atomic mass is 79.9. The number of halogens is 1. The van der Waals surface area contributed by atoms with E-state index in [2.05, 4.69) is 34.2 Å². The zero-order chi connectivity index (χ0) is 21.7. The fraction of sp³-hybridized carbons (Fsp3) is 0.208. The van der Waals surface area contributed by atoms with E-state index in [1.807, 2.05) is 37.3 Å². The molecule has 0 fully saturated rings. The average Bonchev–Trinajstić information content (AvgIpc) is 2.73. The Bertz CT molecular complexity index is 1070. The fourth-order valence-electron chi connectivity index (χ4n) is 3.12. The van der Waals surface area contributed by atoms with Gasteiger partial charge in [0.25, 0.3) is 0 Å². The van der Waals surface area contributed by atoms with Crippen LogP contribution < -0.4 is 14.8 Å². The molecule has 0 amide bonds. The van der Waals surface area contributed by atoms with E-state index in [1.54, 1.807) is 25.3 Å². The number of carbonyl (C=O) groups is 1. The van der Waals surface area contributed by atoms with Crippen molar-refractivity contribution >= 4 is 27.6 Å². The number of aromatic carboxylic acids is 1. The maximum Gasteiger partial charge on any atom is 0.335 e. The van der Waals surface area contributed by atoms with Crippen molar-refractivity contribution in [3.05, 3.63) is 86.9 Å². The van der Waals surface area contributed by atoms with E-state index in [9.17, 15) is 9.90 Å². The second-order valence-electron chi connectivity index (χ2n) is 6.96. The molecule has 0 spiro atoms. The molecule has 0 aliphatic heterocycles. The summed E-state index contributed by atoms with van der Waals surface area (Å²) in [5, 5.41) is 12.6. The molecule has 0 aromatic heterocycles. The Hall–Kier alpha value is -2.99. The molecule has 5 nitrogen and oxygen atoms in total. The lowest BCUT2D eigenvalue weighted by atomic mass is 10.1. The predicted octanol–water partition coefficient (Wildman–Crippen LogP) is 5.96. The number of hydrogen-bond acceptors (Lipinski definition) is 4. The third-order valence-electron chi connectivity index (χ3n) is 4.96. The molecule has 0 bridgehead atoms. The van der Waals surface area contributed by atoms with E-state index in [-0.39, 0.29) is 5.56 Å². The molecule has 30 heavy (non-hydrogen) atoms. The minimum atomic E-state index is -0.956. The molecule has 2 N–H and O–H groups in total. The van der Waals surface area contributed by atoms with Crippen LogP contribution in [-0.4, -0.2) is 18.2 Å². The molecule has 0 heterocycles. The third kappa shape index (κ3) is 4.94. The predicted molar refractivity (Wildman–Crippen MR) is 122 cm³/mol. The van der Waals surface area contributed by atoms with Crippen molar-refractivity contribution < 1.29 is 19.4 Å². The van der Waals surface area contributed by atoms with Crippen LogP contribution in [0, 0.1) is 13.8 Å². The number of benzene rings is 3. The van der Waals surface area contributed by atoms with Gasteiger partial charge >= 0.3 is 5.97 Å². The highest BCUT2D eigenvalue weighted by Crippen LogP contribution is 2.37. The van der Waals surface area contributed by atoms with Gasteiger partial charge in [-0.1, -0.05) is 46.3 Å². The van der Waals surface area contributed by atoms with Crippen molar-refractivity contribution in [2.24, 2.45) is 0 Å². The quantitative estimate of drug-likeness (QED) is 0.425. The minimum Gasteiger partial charge on any atom is -0.493 e. The summed E-state index contributed by atoms with van der Waals surface area (Å²) in [6, 6.07) is 16.9. The smallest absolute Gasteiger partial charge is 0.335 e. The van der Waals surface area contributed by atoms with Crippen LogP contribution in [0.25, 0.3) is 0 Å². The zero-order valence-electron chi connectivity index (χ0n) is 17.2. The number of anilines is 1. The first kappa shape index (κ1) is 21.7. The first-order valence-corrected chi connectivity index (χ1v) is 10.3. The summed E-state index contributed by atoms with van der Waals surface area (Å²) in [6.07, 6.45) is 0. The first-order valence-electron chi connectivity index (χ1n) is 9.51. The second kappa shape index (κ2) is 9.67. The number of carboxylic acids is 1. The van der Waals surface area contributed by atoms with Crippen LogP contribution >= 0.6 is 15.9 Å². The van der Waals surface area contributed by atoms with Crippen LogP contribution in [-0.2, 0) is 13.2 Å². The van der Waals surface area contributed by atoms with Crippen molar-refractivity contribution in [2.75, 3.05) is 12.4 Å². The average molecular weight is 470 g/mol. The van der Waals surface area contributed by atoms with Gasteiger partial charge in [0, 0.05) is 22.3 Å².